The Morgan fingerprint density at radius 1 is 1.20 bits per heavy atom. The fourth-order valence-corrected chi connectivity index (χ4v) is 4.66. The predicted octanol–water partition coefficient (Wildman–Crippen LogP) is 4.27. The second-order valence-electron chi connectivity index (χ2n) is 7.07. The molecule has 2 heteroatoms. The Bertz CT molecular complexity index is 522. The van der Waals surface area contributed by atoms with E-state index in [2.05, 4.69) is 44.0 Å². The number of fused-ring (bicyclic) bond motifs is 1. The van der Waals surface area contributed by atoms with E-state index in [4.69, 9.17) is 0 Å². The second-order valence-corrected chi connectivity index (χ2v) is 7.07. The first-order valence-corrected chi connectivity index (χ1v) is 7.72. The summed E-state index contributed by atoms with van der Waals surface area (Å²) in [6.45, 7) is 7.08. The van der Waals surface area contributed by atoms with Gasteiger partial charge in [-0.05, 0) is 54.6 Å². The quantitative estimate of drug-likeness (QED) is 0.544. The first-order valence-electron chi connectivity index (χ1n) is 7.72. The zero-order valence-corrected chi connectivity index (χ0v) is 12.5. The maximum atomic E-state index is 10.5. The number of carbonyl (C=O) groups excluding carboxylic acids is 1. The van der Waals surface area contributed by atoms with Crippen LogP contribution in [-0.2, 0) is 4.79 Å². The van der Waals surface area contributed by atoms with Crippen LogP contribution in [0.1, 0.15) is 33.6 Å². The average Bonchev–Trinajstić information content (AvgIpc) is 2.75. The predicted molar refractivity (Wildman–Crippen MR) is 80.6 cm³/mol. The van der Waals surface area contributed by atoms with Crippen LogP contribution in [0.5, 0.6) is 0 Å². The fourth-order valence-electron chi connectivity index (χ4n) is 4.66. The van der Waals surface area contributed by atoms with E-state index in [9.17, 15) is 4.79 Å². The fraction of sp³-hybridized carbons (Fsp3) is 0.611. The van der Waals surface area contributed by atoms with E-state index < -0.39 is 0 Å². The number of rotatable bonds is 2. The lowest BCUT2D eigenvalue weighted by Gasteiger charge is -2.45. The molecule has 0 heterocycles. The van der Waals surface area contributed by atoms with Crippen molar-refractivity contribution in [3.63, 3.8) is 0 Å². The maximum absolute atomic E-state index is 10.5. The van der Waals surface area contributed by atoms with Crippen molar-refractivity contribution in [1.29, 1.82) is 0 Å². The van der Waals surface area contributed by atoms with E-state index in [1.54, 1.807) is 6.08 Å². The third-order valence-electron chi connectivity index (χ3n) is 6.19. The van der Waals surface area contributed by atoms with Gasteiger partial charge in [-0.3, -0.25) is 0 Å². The van der Waals surface area contributed by atoms with E-state index in [0.717, 1.165) is 29.4 Å². The molecule has 2 saturated carbocycles. The van der Waals surface area contributed by atoms with Crippen molar-refractivity contribution >= 4 is 6.08 Å². The summed E-state index contributed by atoms with van der Waals surface area (Å²) in [6.07, 6.45) is 14.7. The number of aliphatic imine (C=N–C) groups is 1. The number of nitrogens with zero attached hydrogens (tertiary/aromatic N) is 1. The Morgan fingerprint density at radius 2 is 1.85 bits per heavy atom. The van der Waals surface area contributed by atoms with Gasteiger partial charge in [-0.2, -0.15) is 4.99 Å². The molecule has 2 nitrogen and oxygen atoms in total. The van der Waals surface area contributed by atoms with E-state index in [1.165, 1.54) is 12.8 Å². The molecule has 5 atom stereocenters. The lowest BCUT2D eigenvalue weighted by molar-refractivity contribution is 0.0302. The molecule has 3 aliphatic carbocycles. The Labute approximate surface area is 121 Å². The van der Waals surface area contributed by atoms with E-state index in [0.29, 0.717) is 5.92 Å². The maximum Gasteiger partial charge on any atom is 0.240 e. The summed E-state index contributed by atoms with van der Waals surface area (Å²) in [7, 11) is 0. The summed E-state index contributed by atoms with van der Waals surface area (Å²) in [5.41, 5.74) is 0.753. The van der Waals surface area contributed by atoms with Gasteiger partial charge in [-0.15, -0.1) is 0 Å². The molecule has 3 rings (SSSR count). The smallest absolute Gasteiger partial charge is 0.211 e. The van der Waals surface area contributed by atoms with Crippen LogP contribution in [0.15, 0.2) is 41.1 Å². The molecule has 0 radical (unpaired) electrons. The molecule has 0 aromatic carbocycles. The molecule has 20 heavy (non-hydrogen) atoms. The summed E-state index contributed by atoms with van der Waals surface area (Å²) in [6, 6.07) is 0. The van der Waals surface area contributed by atoms with Crippen LogP contribution in [0.3, 0.4) is 0 Å². The minimum Gasteiger partial charge on any atom is -0.211 e. The monoisotopic (exact) mass is 269 g/mol. The molecule has 2 fully saturated rings. The average molecular weight is 269 g/mol. The van der Waals surface area contributed by atoms with Crippen molar-refractivity contribution in [3.8, 4) is 0 Å². The standard InChI is InChI=1S/C18H23NO/c1-12-13(2)17-9-14(8-16(12)17)18(3)7-5-4-6-15(10-18)19-11-20/h4-7,10,12-14,16-17H,8-9H2,1-3H3. The Morgan fingerprint density at radius 3 is 2.45 bits per heavy atom. The Hall–Kier alpha value is -1.40. The van der Waals surface area contributed by atoms with Crippen LogP contribution in [0, 0.1) is 35.0 Å². The van der Waals surface area contributed by atoms with Crippen LogP contribution in [-0.4, -0.2) is 6.08 Å². The largest absolute Gasteiger partial charge is 0.240 e. The molecule has 0 aromatic rings. The molecule has 0 aromatic heterocycles. The molecule has 3 aliphatic rings. The number of isocyanates is 1. The summed E-state index contributed by atoms with van der Waals surface area (Å²) >= 11 is 0. The van der Waals surface area contributed by atoms with Crippen molar-refractivity contribution in [2.45, 2.75) is 33.6 Å². The van der Waals surface area contributed by atoms with Gasteiger partial charge in [-0.1, -0.05) is 39.0 Å². The first-order chi connectivity index (χ1) is 9.55. The number of hydrogen-bond donors (Lipinski definition) is 0. The number of allylic oxidation sites excluding steroid dienone is 5. The van der Waals surface area contributed by atoms with Crippen LogP contribution < -0.4 is 0 Å². The van der Waals surface area contributed by atoms with Crippen molar-refractivity contribution in [2.24, 2.45) is 40.0 Å². The van der Waals surface area contributed by atoms with Crippen LogP contribution in [0.25, 0.3) is 0 Å². The highest BCUT2D eigenvalue weighted by atomic mass is 16.1. The van der Waals surface area contributed by atoms with Gasteiger partial charge in [0.25, 0.3) is 0 Å². The SMILES string of the molecule is CC1C(C)C2CC(C3(C)C=CC=CC(N=C=O)=C3)CC12. The Kier molecular flexibility index (Phi) is 3.30. The minimum absolute atomic E-state index is 0.00988. The molecule has 5 unspecified atom stereocenters. The summed E-state index contributed by atoms with van der Waals surface area (Å²) < 4.78 is 0. The highest BCUT2D eigenvalue weighted by molar-refractivity contribution is 5.42. The molecular weight excluding hydrogens is 246 g/mol. The van der Waals surface area contributed by atoms with Crippen molar-refractivity contribution in [2.75, 3.05) is 0 Å². The minimum atomic E-state index is 0.00988. The van der Waals surface area contributed by atoms with E-state index >= 15 is 0 Å². The van der Waals surface area contributed by atoms with Gasteiger partial charge < -0.3 is 0 Å². The van der Waals surface area contributed by atoms with Gasteiger partial charge in [0, 0.05) is 5.41 Å². The van der Waals surface area contributed by atoms with Crippen LogP contribution in [0.4, 0.5) is 0 Å². The van der Waals surface area contributed by atoms with Crippen LogP contribution >= 0.6 is 0 Å². The second kappa shape index (κ2) is 4.86. The normalized spacial score (nSPS) is 46.0. The summed E-state index contributed by atoms with van der Waals surface area (Å²) in [5.74, 6) is 4.22. The van der Waals surface area contributed by atoms with Crippen molar-refractivity contribution in [1.82, 2.24) is 0 Å². The molecule has 0 N–H and O–H groups in total. The van der Waals surface area contributed by atoms with Crippen molar-refractivity contribution < 1.29 is 4.79 Å². The molecule has 0 spiro atoms. The molecule has 106 valence electrons. The highest BCUT2D eigenvalue weighted by Gasteiger charge is 2.53. The molecule has 0 aliphatic heterocycles. The van der Waals surface area contributed by atoms with E-state index in [1.807, 2.05) is 12.2 Å². The van der Waals surface area contributed by atoms with Gasteiger partial charge >= 0.3 is 0 Å². The van der Waals surface area contributed by atoms with Gasteiger partial charge in [-0.25, -0.2) is 4.79 Å². The summed E-state index contributed by atoms with van der Waals surface area (Å²) in [5, 5.41) is 0. The zero-order chi connectivity index (χ0) is 14.3. The Balaban J connectivity index is 1.85. The van der Waals surface area contributed by atoms with Gasteiger partial charge in [0.1, 0.15) is 0 Å². The zero-order valence-electron chi connectivity index (χ0n) is 12.5. The molecule has 0 bridgehead atoms. The third-order valence-corrected chi connectivity index (χ3v) is 6.19. The van der Waals surface area contributed by atoms with Gasteiger partial charge in [0.05, 0.1) is 5.70 Å². The van der Waals surface area contributed by atoms with E-state index in [-0.39, 0.29) is 5.41 Å². The summed E-state index contributed by atoms with van der Waals surface area (Å²) in [4.78, 5) is 14.4. The number of hydrogen-bond acceptors (Lipinski definition) is 2. The third kappa shape index (κ3) is 2.03. The van der Waals surface area contributed by atoms with Crippen LogP contribution in [0.2, 0.25) is 0 Å². The lowest BCUT2D eigenvalue weighted by atomic mass is 9.60. The topological polar surface area (TPSA) is 29.4 Å². The highest BCUT2D eigenvalue weighted by Crippen LogP contribution is 2.60. The lowest BCUT2D eigenvalue weighted by Crippen LogP contribution is -2.39. The van der Waals surface area contributed by atoms with Gasteiger partial charge in [0.15, 0.2) is 0 Å². The van der Waals surface area contributed by atoms with Gasteiger partial charge in [0.2, 0.25) is 6.08 Å². The molecular formula is C18H23NO. The molecule has 0 amide bonds. The first kappa shape index (κ1) is 13.6. The molecule has 0 saturated heterocycles. The van der Waals surface area contributed by atoms with Crippen molar-refractivity contribution in [3.05, 3.63) is 36.1 Å².